The molecule has 0 aromatic rings. The topological polar surface area (TPSA) is 208 Å². The van der Waals surface area contributed by atoms with Crippen LogP contribution in [0.1, 0.15) is 99.3 Å². The number of aliphatic hydroxyl groups excluding tert-OH is 5. The normalized spacial score (nSPS) is 31.0. The van der Waals surface area contributed by atoms with Crippen molar-refractivity contribution in [3.05, 3.63) is 0 Å². The molecule has 2 saturated heterocycles. The van der Waals surface area contributed by atoms with Crippen molar-refractivity contribution in [2.75, 3.05) is 19.8 Å². The molecule has 5 N–H and O–H groups in total. The van der Waals surface area contributed by atoms with Gasteiger partial charge >= 0.3 is 17.9 Å². The van der Waals surface area contributed by atoms with Gasteiger partial charge in [0.2, 0.25) is 12.1 Å². The molecule has 0 aliphatic carbocycles. The molecular formula is C33H58O14. The van der Waals surface area contributed by atoms with Gasteiger partial charge in [-0.15, -0.1) is 0 Å². The van der Waals surface area contributed by atoms with Gasteiger partial charge in [0.25, 0.3) is 0 Å². The summed E-state index contributed by atoms with van der Waals surface area (Å²) in [6, 6.07) is 0. The first kappa shape index (κ1) is 41.3. The van der Waals surface area contributed by atoms with Crippen LogP contribution in [0.3, 0.4) is 0 Å². The summed E-state index contributed by atoms with van der Waals surface area (Å²) in [5.41, 5.74) is 0. The molecule has 274 valence electrons. The van der Waals surface area contributed by atoms with Gasteiger partial charge in [-0.25, -0.2) is 0 Å². The molecule has 0 aromatic heterocycles. The van der Waals surface area contributed by atoms with Crippen LogP contribution in [0.4, 0.5) is 0 Å². The van der Waals surface area contributed by atoms with Crippen molar-refractivity contribution in [3.8, 4) is 0 Å². The molecule has 14 heteroatoms. The molecule has 9 atom stereocenters. The summed E-state index contributed by atoms with van der Waals surface area (Å²) < 4.78 is 34.8. The number of esters is 3. The molecule has 0 aromatic carbocycles. The van der Waals surface area contributed by atoms with E-state index in [2.05, 4.69) is 0 Å². The lowest BCUT2D eigenvalue weighted by atomic mass is 9.97. The predicted octanol–water partition coefficient (Wildman–Crippen LogP) is 1.74. The van der Waals surface area contributed by atoms with Gasteiger partial charge in [0.05, 0.1) is 13.2 Å². The monoisotopic (exact) mass is 678 g/mol. The highest BCUT2D eigenvalue weighted by Crippen LogP contribution is 2.38. The zero-order chi connectivity index (χ0) is 35.3. The largest absolute Gasteiger partial charge is 0.455 e. The molecule has 0 amide bonds. The van der Waals surface area contributed by atoms with Crippen molar-refractivity contribution in [3.63, 3.8) is 0 Å². The molecule has 2 aliphatic rings. The van der Waals surface area contributed by atoms with Crippen LogP contribution >= 0.6 is 0 Å². The van der Waals surface area contributed by atoms with Gasteiger partial charge in [-0.1, -0.05) is 60.8 Å². The zero-order valence-electron chi connectivity index (χ0n) is 28.7. The van der Waals surface area contributed by atoms with E-state index in [0.29, 0.717) is 37.0 Å². The number of rotatable bonds is 20. The van der Waals surface area contributed by atoms with Gasteiger partial charge in [0.15, 0.2) is 18.3 Å². The van der Waals surface area contributed by atoms with Gasteiger partial charge in [-0.3, -0.25) is 14.4 Å². The maximum absolute atomic E-state index is 13.2. The Hall–Kier alpha value is -1.91. The molecular weight excluding hydrogens is 620 g/mol. The Morgan fingerprint density at radius 1 is 0.660 bits per heavy atom. The highest BCUT2D eigenvalue weighted by molar-refractivity contribution is 5.71. The van der Waals surface area contributed by atoms with E-state index in [1.54, 1.807) is 0 Å². The van der Waals surface area contributed by atoms with Crippen LogP contribution in [0, 0.1) is 17.8 Å². The second-order valence-electron chi connectivity index (χ2n) is 13.8. The maximum atomic E-state index is 13.2. The van der Waals surface area contributed by atoms with Gasteiger partial charge in [-0.05, 0) is 37.0 Å². The Balaban J connectivity index is 2.50. The summed E-state index contributed by atoms with van der Waals surface area (Å²) in [6.07, 6.45) is -8.90. The average molecular weight is 679 g/mol. The minimum Gasteiger partial charge on any atom is -0.455 e. The van der Waals surface area contributed by atoms with E-state index in [1.807, 2.05) is 41.5 Å². The van der Waals surface area contributed by atoms with E-state index in [1.165, 1.54) is 0 Å². The fourth-order valence-corrected chi connectivity index (χ4v) is 5.58. The summed E-state index contributed by atoms with van der Waals surface area (Å²) in [5.74, 6) is -3.41. The summed E-state index contributed by atoms with van der Waals surface area (Å²) in [7, 11) is 0. The van der Waals surface area contributed by atoms with E-state index in [-0.39, 0.29) is 19.3 Å². The molecule has 0 radical (unpaired) electrons. The van der Waals surface area contributed by atoms with Crippen LogP contribution in [0.25, 0.3) is 0 Å². The van der Waals surface area contributed by atoms with E-state index in [0.717, 1.165) is 19.3 Å². The minimum absolute atomic E-state index is 0.00172. The van der Waals surface area contributed by atoms with Crippen molar-refractivity contribution < 1.29 is 68.3 Å². The van der Waals surface area contributed by atoms with Crippen molar-refractivity contribution >= 4 is 17.9 Å². The molecule has 14 nitrogen and oxygen atoms in total. The number of carbonyl (C=O) groups is 3. The van der Waals surface area contributed by atoms with Crippen molar-refractivity contribution in [2.45, 2.75) is 154 Å². The number of hydrogen-bond donors (Lipinski definition) is 5. The Morgan fingerprint density at radius 3 is 1.47 bits per heavy atom. The zero-order valence-corrected chi connectivity index (χ0v) is 28.7. The van der Waals surface area contributed by atoms with Gasteiger partial charge in [-0.2, -0.15) is 0 Å². The highest BCUT2D eigenvalue weighted by atomic mass is 16.8. The van der Waals surface area contributed by atoms with Gasteiger partial charge in [0, 0.05) is 19.3 Å². The fourth-order valence-electron chi connectivity index (χ4n) is 5.58. The lowest BCUT2D eigenvalue weighted by molar-refractivity contribution is -0.384. The second kappa shape index (κ2) is 19.9. The van der Waals surface area contributed by atoms with Crippen molar-refractivity contribution in [2.24, 2.45) is 17.8 Å². The molecule has 2 aliphatic heterocycles. The molecule has 2 fully saturated rings. The average Bonchev–Trinajstić information content (AvgIpc) is 3.24. The number of carbonyl (C=O) groups excluding carboxylic acids is 3. The Labute approximate surface area is 278 Å². The first-order valence-electron chi connectivity index (χ1n) is 17.0. The molecule has 2 heterocycles. The van der Waals surface area contributed by atoms with Crippen molar-refractivity contribution in [1.82, 2.24) is 0 Å². The highest BCUT2D eigenvalue weighted by Gasteiger charge is 2.60. The van der Waals surface area contributed by atoms with E-state index in [4.69, 9.17) is 28.4 Å². The molecule has 2 rings (SSSR count). The van der Waals surface area contributed by atoms with E-state index < -0.39 is 92.5 Å². The van der Waals surface area contributed by atoms with Crippen LogP contribution < -0.4 is 0 Å². The Morgan fingerprint density at radius 2 is 1.09 bits per heavy atom. The number of hydrogen-bond acceptors (Lipinski definition) is 14. The lowest BCUT2D eigenvalue weighted by Crippen LogP contribution is -2.65. The predicted molar refractivity (Wildman–Crippen MR) is 166 cm³/mol. The van der Waals surface area contributed by atoms with Crippen LogP contribution in [-0.2, 0) is 42.8 Å². The smallest absolute Gasteiger partial charge is 0.306 e. The minimum atomic E-state index is -2.37. The van der Waals surface area contributed by atoms with Gasteiger partial charge in [0.1, 0.15) is 31.0 Å². The summed E-state index contributed by atoms with van der Waals surface area (Å²) >= 11 is 0. The number of ether oxygens (including phenoxy) is 6. The van der Waals surface area contributed by atoms with Crippen LogP contribution in [-0.4, -0.2) is 118 Å². The first-order valence-corrected chi connectivity index (χ1v) is 17.0. The van der Waals surface area contributed by atoms with Crippen LogP contribution in [0.15, 0.2) is 0 Å². The summed E-state index contributed by atoms with van der Waals surface area (Å²) in [6.45, 7) is 9.55. The third kappa shape index (κ3) is 12.5. The molecule has 0 saturated carbocycles. The molecule has 47 heavy (non-hydrogen) atoms. The SMILES string of the molecule is CC(C)CCCC(=O)O[C@@H]1[C@@H](OC(=O)CCCC(C)C)[C@@H](O[C@]2(CO)O[C@H](CO)[C@@H](O)[C@@H]2O)O[C@H](CO)[C@H]1OC(=O)CCCC(C)C. The second-order valence-corrected chi connectivity index (χ2v) is 13.8. The quantitative estimate of drug-likeness (QED) is 0.0919. The van der Waals surface area contributed by atoms with Crippen LogP contribution in [0.2, 0.25) is 0 Å². The third-order valence-corrected chi connectivity index (χ3v) is 8.28. The maximum Gasteiger partial charge on any atom is 0.306 e. The van der Waals surface area contributed by atoms with Crippen molar-refractivity contribution in [1.29, 1.82) is 0 Å². The first-order chi connectivity index (χ1) is 22.2. The third-order valence-electron chi connectivity index (χ3n) is 8.28. The summed E-state index contributed by atoms with van der Waals surface area (Å²) in [4.78, 5) is 39.3. The van der Waals surface area contributed by atoms with Gasteiger partial charge < -0.3 is 54.0 Å². The number of aliphatic hydroxyl groups is 5. The fraction of sp³-hybridized carbons (Fsp3) is 0.909. The van der Waals surface area contributed by atoms with Crippen LogP contribution in [0.5, 0.6) is 0 Å². The Bertz CT molecular complexity index is 958. The lowest BCUT2D eigenvalue weighted by Gasteiger charge is -2.46. The standard InChI is InChI=1S/C33H58O14/c1-19(2)10-7-13-24(37)43-28-23(17-35)42-32(47-33(18-36)31(41)27(40)22(16-34)46-33)30(45-26(39)15-9-12-21(5)6)29(28)44-25(38)14-8-11-20(3)4/h19-23,27-32,34-36,40-41H,7-18H2,1-6H3/t22-,23-,27-,28-,29+,30-,31+,32-,33+/m1/s1. The molecule has 0 bridgehead atoms. The Kier molecular flexibility index (Phi) is 17.5. The van der Waals surface area contributed by atoms with E-state index >= 15 is 0 Å². The molecule has 0 unspecified atom stereocenters. The molecule has 0 spiro atoms. The summed E-state index contributed by atoms with van der Waals surface area (Å²) in [5, 5.41) is 51.5. The van der Waals surface area contributed by atoms with E-state index in [9.17, 15) is 39.9 Å².